The molecule has 100 valence electrons. The molecule has 0 unspecified atom stereocenters. The second-order valence-corrected chi connectivity index (χ2v) is 4.46. The molecular formula is C13H15F3O2. The normalized spacial score (nSPS) is 18.3. The van der Waals surface area contributed by atoms with Crippen molar-refractivity contribution in [2.24, 2.45) is 0 Å². The first-order chi connectivity index (χ1) is 8.44. The van der Waals surface area contributed by atoms with E-state index in [-0.39, 0.29) is 24.5 Å². The first kappa shape index (κ1) is 13.2. The molecule has 1 fully saturated rings. The van der Waals surface area contributed by atoms with Crippen molar-refractivity contribution < 1.29 is 22.6 Å². The summed E-state index contributed by atoms with van der Waals surface area (Å²) < 4.78 is 49.7. The van der Waals surface area contributed by atoms with Crippen molar-refractivity contribution in [1.82, 2.24) is 0 Å². The van der Waals surface area contributed by atoms with Crippen LogP contribution in [0.2, 0.25) is 0 Å². The lowest BCUT2D eigenvalue weighted by Gasteiger charge is -2.43. The van der Waals surface area contributed by atoms with Gasteiger partial charge in [0.1, 0.15) is 11.2 Å². The smallest absolute Gasteiger partial charge is 0.403 e. The summed E-state index contributed by atoms with van der Waals surface area (Å²) in [6.45, 7) is 1.24. The Balaban J connectivity index is 2.54. The Morgan fingerprint density at radius 1 is 1.33 bits per heavy atom. The molecule has 2 nitrogen and oxygen atoms in total. The van der Waals surface area contributed by atoms with Crippen LogP contribution in [0.3, 0.4) is 0 Å². The van der Waals surface area contributed by atoms with Crippen molar-refractivity contribution >= 4 is 0 Å². The van der Waals surface area contributed by atoms with Crippen molar-refractivity contribution in [1.29, 1.82) is 0 Å². The molecule has 0 bridgehead atoms. The van der Waals surface area contributed by atoms with Crippen LogP contribution in [-0.4, -0.2) is 26.5 Å². The predicted molar refractivity (Wildman–Crippen MR) is 60.9 cm³/mol. The molecule has 1 heterocycles. The zero-order chi connectivity index (χ0) is 13.4. The number of benzene rings is 1. The predicted octanol–water partition coefficient (Wildman–Crippen LogP) is 3.09. The summed E-state index contributed by atoms with van der Waals surface area (Å²) in [6.07, 6.45) is -3.64. The Morgan fingerprint density at radius 2 is 2.00 bits per heavy atom. The molecule has 1 aliphatic rings. The van der Waals surface area contributed by atoms with Gasteiger partial charge in [-0.1, -0.05) is 19.1 Å². The van der Waals surface area contributed by atoms with Crippen molar-refractivity contribution in [3.63, 3.8) is 0 Å². The molecule has 2 rings (SSSR count). The van der Waals surface area contributed by atoms with Crippen LogP contribution in [0.15, 0.2) is 18.2 Å². The quantitative estimate of drug-likeness (QED) is 0.831. The molecule has 0 radical (unpaired) electrons. The lowest BCUT2D eigenvalue weighted by Crippen LogP contribution is -2.57. The first-order valence-corrected chi connectivity index (χ1v) is 5.76. The highest BCUT2D eigenvalue weighted by Crippen LogP contribution is 2.49. The Bertz CT molecular complexity index is 436. The van der Waals surface area contributed by atoms with Gasteiger partial charge in [-0.25, -0.2) is 0 Å². The molecule has 0 N–H and O–H groups in total. The Morgan fingerprint density at radius 3 is 2.39 bits per heavy atom. The van der Waals surface area contributed by atoms with E-state index >= 15 is 0 Å². The molecule has 0 aromatic heterocycles. The minimum absolute atomic E-state index is 0.183. The van der Waals surface area contributed by atoms with Gasteiger partial charge in [0.05, 0.1) is 20.3 Å². The van der Waals surface area contributed by atoms with Crippen LogP contribution in [0.5, 0.6) is 5.75 Å². The summed E-state index contributed by atoms with van der Waals surface area (Å²) in [5.41, 5.74) is -0.867. The number of ether oxygens (including phenoxy) is 2. The van der Waals surface area contributed by atoms with Gasteiger partial charge in [0, 0.05) is 5.56 Å². The summed E-state index contributed by atoms with van der Waals surface area (Å²) >= 11 is 0. The molecule has 1 aromatic rings. The van der Waals surface area contributed by atoms with Crippen molar-refractivity contribution in [3.05, 3.63) is 29.3 Å². The van der Waals surface area contributed by atoms with Crippen LogP contribution < -0.4 is 4.74 Å². The minimum Gasteiger partial charge on any atom is -0.496 e. The van der Waals surface area contributed by atoms with Gasteiger partial charge < -0.3 is 9.47 Å². The number of hydrogen-bond acceptors (Lipinski definition) is 2. The van der Waals surface area contributed by atoms with Gasteiger partial charge in [-0.05, 0) is 18.1 Å². The zero-order valence-electron chi connectivity index (χ0n) is 10.3. The monoisotopic (exact) mass is 260 g/mol. The molecular weight excluding hydrogens is 245 g/mol. The van der Waals surface area contributed by atoms with Crippen LogP contribution >= 0.6 is 0 Å². The van der Waals surface area contributed by atoms with E-state index in [4.69, 9.17) is 9.47 Å². The molecule has 0 saturated carbocycles. The maximum atomic E-state index is 13.3. The van der Waals surface area contributed by atoms with E-state index in [0.29, 0.717) is 6.42 Å². The Hall–Kier alpha value is -1.23. The summed E-state index contributed by atoms with van der Waals surface area (Å²) in [7, 11) is 1.38. The van der Waals surface area contributed by atoms with Crippen LogP contribution in [0.4, 0.5) is 13.2 Å². The van der Waals surface area contributed by atoms with Crippen molar-refractivity contribution in [2.45, 2.75) is 24.9 Å². The molecule has 1 saturated heterocycles. The van der Waals surface area contributed by atoms with Gasteiger partial charge in [-0.15, -0.1) is 0 Å². The number of hydrogen-bond donors (Lipinski definition) is 0. The number of alkyl halides is 3. The average molecular weight is 260 g/mol. The number of halogens is 3. The largest absolute Gasteiger partial charge is 0.496 e. The molecule has 1 aliphatic heterocycles. The third-order valence-electron chi connectivity index (χ3n) is 3.43. The second-order valence-electron chi connectivity index (χ2n) is 4.46. The Kier molecular flexibility index (Phi) is 3.27. The molecule has 0 atom stereocenters. The third kappa shape index (κ3) is 1.86. The van der Waals surface area contributed by atoms with Gasteiger partial charge in [0.15, 0.2) is 0 Å². The van der Waals surface area contributed by atoms with Gasteiger partial charge in [0.2, 0.25) is 0 Å². The topological polar surface area (TPSA) is 18.5 Å². The van der Waals surface area contributed by atoms with Crippen molar-refractivity contribution in [3.8, 4) is 5.75 Å². The maximum Gasteiger partial charge on any atom is 0.403 e. The zero-order valence-corrected chi connectivity index (χ0v) is 10.3. The van der Waals surface area contributed by atoms with E-state index in [9.17, 15) is 13.2 Å². The van der Waals surface area contributed by atoms with Crippen molar-refractivity contribution in [2.75, 3.05) is 20.3 Å². The van der Waals surface area contributed by atoms with Crippen LogP contribution in [-0.2, 0) is 16.6 Å². The molecule has 0 aliphatic carbocycles. The van der Waals surface area contributed by atoms with E-state index in [1.54, 1.807) is 18.2 Å². The third-order valence-corrected chi connectivity index (χ3v) is 3.43. The number of rotatable bonds is 3. The maximum absolute atomic E-state index is 13.3. The highest BCUT2D eigenvalue weighted by molar-refractivity contribution is 5.45. The minimum atomic E-state index is -4.33. The average Bonchev–Trinajstić information content (AvgIpc) is 2.25. The number of methoxy groups -OCH3 is 1. The molecule has 1 aromatic carbocycles. The fourth-order valence-electron chi connectivity index (χ4n) is 2.13. The first-order valence-electron chi connectivity index (χ1n) is 5.76. The summed E-state index contributed by atoms with van der Waals surface area (Å²) in [5, 5.41) is 0. The second kappa shape index (κ2) is 4.46. The molecule has 0 spiro atoms. The van der Waals surface area contributed by atoms with E-state index in [1.807, 2.05) is 6.92 Å². The van der Waals surface area contributed by atoms with E-state index in [1.165, 1.54) is 7.11 Å². The summed E-state index contributed by atoms with van der Waals surface area (Å²) in [6, 6.07) is 4.96. The lowest BCUT2D eigenvalue weighted by molar-refractivity contribution is -0.262. The Labute approximate surface area is 104 Å². The van der Waals surface area contributed by atoms with Crippen LogP contribution in [0.25, 0.3) is 0 Å². The summed E-state index contributed by atoms with van der Waals surface area (Å²) in [5.74, 6) is 0.271. The highest BCUT2D eigenvalue weighted by Gasteiger charge is 2.62. The van der Waals surface area contributed by atoms with Gasteiger partial charge in [0.25, 0.3) is 0 Å². The highest BCUT2D eigenvalue weighted by atomic mass is 19.4. The molecule has 0 amide bonds. The van der Waals surface area contributed by atoms with E-state index < -0.39 is 11.6 Å². The SMILES string of the molecule is CCc1ccc(OC)c(C2(C(F)(F)F)COC2)c1. The van der Waals surface area contributed by atoms with E-state index in [2.05, 4.69) is 0 Å². The van der Waals surface area contributed by atoms with Gasteiger partial charge >= 0.3 is 6.18 Å². The standard InChI is InChI=1S/C13H15F3O2/c1-3-9-4-5-11(17-2)10(6-9)12(7-18-8-12)13(14,15)16/h4-6H,3,7-8H2,1-2H3. The lowest BCUT2D eigenvalue weighted by atomic mass is 9.76. The van der Waals surface area contributed by atoms with Crippen LogP contribution in [0.1, 0.15) is 18.1 Å². The fraction of sp³-hybridized carbons (Fsp3) is 0.538. The van der Waals surface area contributed by atoms with Gasteiger partial charge in [-0.2, -0.15) is 13.2 Å². The summed E-state index contributed by atoms with van der Waals surface area (Å²) in [4.78, 5) is 0. The van der Waals surface area contributed by atoms with Crippen LogP contribution in [0, 0.1) is 0 Å². The fourth-order valence-corrected chi connectivity index (χ4v) is 2.13. The van der Waals surface area contributed by atoms with E-state index in [0.717, 1.165) is 5.56 Å². The number of aryl methyl sites for hydroxylation is 1. The molecule has 18 heavy (non-hydrogen) atoms. The van der Waals surface area contributed by atoms with Gasteiger partial charge in [-0.3, -0.25) is 0 Å². The molecule has 5 heteroatoms.